The van der Waals surface area contributed by atoms with Crippen molar-refractivity contribution >= 4 is 17.7 Å². The number of hydrogen-bond acceptors (Lipinski definition) is 4. The van der Waals surface area contributed by atoms with Crippen LogP contribution in [0.25, 0.3) is 0 Å². The molecule has 17 heavy (non-hydrogen) atoms. The van der Waals surface area contributed by atoms with Crippen LogP contribution in [0, 0.1) is 0 Å². The van der Waals surface area contributed by atoms with E-state index in [-0.39, 0.29) is 24.9 Å². The van der Waals surface area contributed by atoms with Gasteiger partial charge in [-0.05, 0) is 20.8 Å². The Labute approximate surface area is 99.7 Å². The summed E-state index contributed by atoms with van der Waals surface area (Å²) in [5.41, 5.74) is 9.52. The van der Waals surface area contributed by atoms with E-state index in [0.29, 0.717) is 0 Å². The molecule has 0 aromatic heterocycles. The highest BCUT2D eigenvalue weighted by Gasteiger charge is 2.51. The highest BCUT2D eigenvalue weighted by atomic mass is 16.2. The van der Waals surface area contributed by atoms with Crippen LogP contribution in [0.3, 0.4) is 0 Å². The second kappa shape index (κ2) is 4.33. The van der Waals surface area contributed by atoms with E-state index in [1.54, 1.807) is 20.8 Å². The van der Waals surface area contributed by atoms with Crippen molar-refractivity contribution in [3.05, 3.63) is 0 Å². The second-order valence-corrected chi connectivity index (χ2v) is 4.53. The Bertz CT molecular complexity index is 367. The minimum atomic E-state index is -0.887. The van der Waals surface area contributed by atoms with Crippen LogP contribution in [0.5, 0.6) is 0 Å². The summed E-state index contributed by atoms with van der Waals surface area (Å²) >= 11 is 0. The summed E-state index contributed by atoms with van der Waals surface area (Å²) in [6, 6.07) is -0.625. The predicted molar refractivity (Wildman–Crippen MR) is 60.3 cm³/mol. The molecule has 1 aliphatic heterocycles. The maximum Gasteiger partial charge on any atom is 0.247 e. The molecule has 1 saturated heterocycles. The Morgan fingerprint density at radius 1 is 1.41 bits per heavy atom. The molecule has 3 amide bonds. The molecule has 1 aliphatic rings. The zero-order valence-corrected chi connectivity index (χ0v) is 10.3. The summed E-state index contributed by atoms with van der Waals surface area (Å²) in [7, 11) is 0. The summed E-state index contributed by atoms with van der Waals surface area (Å²) in [5.74, 6) is -1.24. The van der Waals surface area contributed by atoms with Gasteiger partial charge in [0.1, 0.15) is 18.2 Å². The number of rotatable bonds is 3. The van der Waals surface area contributed by atoms with Gasteiger partial charge in [-0.25, -0.2) is 0 Å². The first-order valence-electron chi connectivity index (χ1n) is 5.35. The molecule has 1 heterocycles. The SMILES string of the molecule is CC1C(=O)N(CC(N)=O)C(C)(C)N1C(=O)CN. The van der Waals surface area contributed by atoms with Gasteiger partial charge < -0.3 is 21.3 Å². The van der Waals surface area contributed by atoms with Crippen LogP contribution in [0.1, 0.15) is 20.8 Å². The highest BCUT2D eigenvalue weighted by Crippen LogP contribution is 2.31. The van der Waals surface area contributed by atoms with E-state index in [2.05, 4.69) is 0 Å². The highest BCUT2D eigenvalue weighted by molar-refractivity contribution is 5.94. The monoisotopic (exact) mass is 242 g/mol. The van der Waals surface area contributed by atoms with E-state index in [9.17, 15) is 14.4 Å². The van der Waals surface area contributed by atoms with Crippen molar-refractivity contribution in [1.82, 2.24) is 9.80 Å². The van der Waals surface area contributed by atoms with Gasteiger partial charge in [-0.1, -0.05) is 0 Å². The van der Waals surface area contributed by atoms with Crippen molar-refractivity contribution in [2.75, 3.05) is 13.1 Å². The minimum absolute atomic E-state index is 0.175. The van der Waals surface area contributed by atoms with Crippen LogP contribution in [0.4, 0.5) is 0 Å². The lowest BCUT2D eigenvalue weighted by atomic mass is 10.2. The van der Waals surface area contributed by atoms with E-state index in [1.807, 2.05) is 0 Å². The molecule has 1 unspecified atom stereocenters. The first kappa shape index (κ1) is 13.4. The third-order valence-corrected chi connectivity index (χ3v) is 3.02. The standard InChI is InChI=1S/C10H18N4O3/c1-6-9(17)13(5-7(12)15)10(2,3)14(6)8(16)4-11/h6H,4-5,11H2,1-3H3,(H2,12,15). The average Bonchev–Trinajstić information content (AvgIpc) is 2.38. The van der Waals surface area contributed by atoms with Gasteiger partial charge in [0.15, 0.2) is 0 Å². The largest absolute Gasteiger partial charge is 0.368 e. The molecule has 0 aliphatic carbocycles. The second-order valence-electron chi connectivity index (χ2n) is 4.53. The zero-order valence-electron chi connectivity index (χ0n) is 10.3. The molecule has 0 aromatic rings. The first-order valence-corrected chi connectivity index (χ1v) is 5.35. The fraction of sp³-hybridized carbons (Fsp3) is 0.700. The summed E-state index contributed by atoms with van der Waals surface area (Å²) < 4.78 is 0. The Balaban J connectivity index is 3.08. The van der Waals surface area contributed by atoms with E-state index in [1.165, 1.54) is 9.80 Å². The van der Waals surface area contributed by atoms with E-state index in [4.69, 9.17) is 11.5 Å². The number of nitrogens with two attached hydrogens (primary N) is 2. The summed E-state index contributed by atoms with van der Waals surface area (Å²) in [4.78, 5) is 37.3. The van der Waals surface area contributed by atoms with Crippen molar-refractivity contribution in [2.24, 2.45) is 11.5 Å². The van der Waals surface area contributed by atoms with Crippen LogP contribution >= 0.6 is 0 Å². The van der Waals surface area contributed by atoms with Crippen LogP contribution in [0.2, 0.25) is 0 Å². The fourth-order valence-electron chi connectivity index (χ4n) is 2.26. The first-order chi connectivity index (χ1) is 7.73. The minimum Gasteiger partial charge on any atom is -0.368 e. The molecule has 7 nitrogen and oxygen atoms in total. The number of carbonyl (C=O) groups is 3. The molecule has 1 atom stereocenters. The molecule has 0 bridgehead atoms. The van der Waals surface area contributed by atoms with Gasteiger partial charge in [0, 0.05) is 0 Å². The molecule has 0 aromatic carbocycles. The molecule has 96 valence electrons. The maximum atomic E-state index is 12.0. The molecule has 1 rings (SSSR count). The quantitative estimate of drug-likeness (QED) is 0.610. The molecule has 0 saturated carbocycles. The van der Waals surface area contributed by atoms with E-state index in [0.717, 1.165) is 0 Å². The lowest BCUT2D eigenvalue weighted by Crippen LogP contribution is -2.55. The fourth-order valence-corrected chi connectivity index (χ4v) is 2.26. The number of hydrogen-bond donors (Lipinski definition) is 2. The van der Waals surface area contributed by atoms with Crippen molar-refractivity contribution in [2.45, 2.75) is 32.5 Å². The van der Waals surface area contributed by atoms with E-state index >= 15 is 0 Å². The molecule has 0 radical (unpaired) electrons. The van der Waals surface area contributed by atoms with Crippen molar-refractivity contribution < 1.29 is 14.4 Å². The van der Waals surface area contributed by atoms with Gasteiger partial charge >= 0.3 is 0 Å². The Morgan fingerprint density at radius 3 is 2.35 bits per heavy atom. The molecule has 4 N–H and O–H groups in total. The normalized spacial score (nSPS) is 23.1. The van der Waals surface area contributed by atoms with Gasteiger partial charge in [0.2, 0.25) is 17.7 Å². The lowest BCUT2D eigenvalue weighted by Gasteiger charge is -2.37. The zero-order chi connectivity index (χ0) is 13.4. The predicted octanol–water partition coefficient (Wildman–Crippen LogP) is -1.77. The molecule has 7 heteroatoms. The topological polar surface area (TPSA) is 110 Å². The van der Waals surface area contributed by atoms with Crippen LogP contribution in [-0.2, 0) is 14.4 Å². The smallest absolute Gasteiger partial charge is 0.247 e. The molecule has 0 spiro atoms. The van der Waals surface area contributed by atoms with Gasteiger partial charge in [0.25, 0.3) is 0 Å². The molecule has 1 fully saturated rings. The van der Waals surface area contributed by atoms with Gasteiger partial charge in [-0.15, -0.1) is 0 Å². The van der Waals surface area contributed by atoms with Crippen molar-refractivity contribution in [3.8, 4) is 0 Å². The van der Waals surface area contributed by atoms with Gasteiger partial charge in [-0.3, -0.25) is 14.4 Å². The Kier molecular flexibility index (Phi) is 3.42. The third-order valence-electron chi connectivity index (χ3n) is 3.02. The number of primary amides is 1. The average molecular weight is 242 g/mol. The van der Waals surface area contributed by atoms with Crippen LogP contribution in [-0.4, -0.2) is 52.3 Å². The number of amides is 3. The van der Waals surface area contributed by atoms with Gasteiger partial charge in [-0.2, -0.15) is 0 Å². The molecular weight excluding hydrogens is 224 g/mol. The van der Waals surface area contributed by atoms with Crippen molar-refractivity contribution in [3.63, 3.8) is 0 Å². The Morgan fingerprint density at radius 2 is 1.94 bits per heavy atom. The van der Waals surface area contributed by atoms with Crippen molar-refractivity contribution in [1.29, 1.82) is 0 Å². The maximum absolute atomic E-state index is 12.0. The third kappa shape index (κ3) is 2.10. The summed E-state index contributed by atoms with van der Waals surface area (Å²) in [6.45, 7) is 4.60. The van der Waals surface area contributed by atoms with Crippen LogP contribution in [0.15, 0.2) is 0 Å². The number of carbonyl (C=O) groups excluding carboxylic acids is 3. The van der Waals surface area contributed by atoms with E-state index < -0.39 is 17.6 Å². The summed E-state index contributed by atoms with van der Waals surface area (Å²) in [5, 5.41) is 0. The molecular formula is C10H18N4O3. The summed E-state index contributed by atoms with van der Waals surface area (Å²) in [6.07, 6.45) is 0. The van der Waals surface area contributed by atoms with Crippen LogP contribution < -0.4 is 11.5 Å². The number of nitrogens with zero attached hydrogens (tertiary/aromatic N) is 2. The Hall–Kier alpha value is -1.63. The van der Waals surface area contributed by atoms with Gasteiger partial charge in [0.05, 0.1) is 6.54 Å². The lowest BCUT2D eigenvalue weighted by molar-refractivity contribution is -0.139.